The molecule has 1 heterocycles. The predicted octanol–water partition coefficient (Wildman–Crippen LogP) is 0.612. The van der Waals surface area contributed by atoms with Crippen molar-refractivity contribution >= 4 is 0 Å². The summed E-state index contributed by atoms with van der Waals surface area (Å²) in [7, 11) is 2.16. The molecule has 0 amide bonds. The number of ether oxygens (including phenoxy) is 1. The number of nitrogens with two attached hydrogens (primary N) is 1. The van der Waals surface area contributed by atoms with E-state index in [9.17, 15) is 0 Å². The largest absolute Gasteiger partial charge is 0.381 e. The fraction of sp³-hybridized carbons (Fsp3) is 0.800. The van der Waals surface area contributed by atoms with E-state index in [1.54, 1.807) is 0 Å². The molecule has 1 rings (SSSR count). The molecule has 3 heteroatoms. The van der Waals surface area contributed by atoms with Crippen LogP contribution in [-0.2, 0) is 4.74 Å². The van der Waals surface area contributed by atoms with E-state index in [0.717, 1.165) is 32.6 Å². The molecule has 0 aromatic rings. The first-order chi connectivity index (χ1) is 6.34. The first kappa shape index (κ1) is 10.7. The SMILES string of the molecule is CN(CC=CCN)C1CCOCC1. The highest BCUT2D eigenvalue weighted by molar-refractivity contribution is 4.87. The molecule has 13 heavy (non-hydrogen) atoms. The van der Waals surface area contributed by atoms with Gasteiger partial charge in [0.05, 0.1) is 0 Å². The van der Waals surface area contributed by atoms with Crippen molar-refractivity contribution in [2.24, 2.45) is 5.73 Å². The average molecular weight is 184 g/mol. The van der Waals surface area contributed by atoms with Gasteiger partial charge in [0, 0.05) is 32.3 Å². The maximum absolute atomic E-state index is 5.37. The first-order valence-electron chi connectivity index (χ1n) is 4.97. The summed E-state index contributed by atoms with van der Waals surface area (Å²) in [5.41, 5.74) is 5.37. The Kier molecular flexibility index (Phi) is 5.05. The molecular weight excluding hydrogens is 164 g/mol. The quantitative estimate of drug-likeness (QED) is 0.651. The molecule has 0 atom stereocenters. The minimum absolute atomic E-state index is 0.640. The highest BCUT2D eigenvalue weighted by Gasteiger charge is 2.16. The third-order valence-electron chi connectivity index (χ3n) is 2.51. The Morgan fingerprint density at radius 1 is 1.38 bits per heavy atom. The molecular formula is C10H20N2O. The molecule has 0 saturated carbocycles. The molecule has 76 valence electrons. The molecule has 1 fully saturated rings. The topological polar surface area (TPSA) is 38.5 Å². The summed E-state index contributed by atoms with van der Waals surface area (Å²) >= 11 is 0. The fourth-order valence-electron chi connectivity index (χ4n) is 1.61. The Labute approximate surface area is 80.5 Å². The van der Waals surface area contributed by atoms with E-state index >= 15 is 0 Å². The van der Waals surface area contributed by atoms with Crippen LogP contribution in [0.3, 0.4) is 0 Å². The third kappa shape index (κ3) is 3.89. The number of hydrogen-bond acceptors (Lipinski definition) is 3. The van der Waals surface area contributed by atoms with Gasteiger partial charge in [-0.3, -0.25) is 4.90 Å². The maximum atomic E-state index is 5.37. The zero-order chi connectivity index (χ0) is 9.52. The summed E-state index contributed by atoms with van der Waals surface area (Å²) in [6.45, 7) is 3.47. The summed E-state index contributed by atoms with van der Waals surface area (Å²) in [6.07, 6.45) is 6.46. The van der Waals surface area contributed by atoms with Crippen LogP contribution in [0.4, 0.5) is 0 Å². The van der Waals surface area contributed by atoms with Gasteiger partial charge in [-0.25, -0.2) is 0 Å². The molecule has 3 nitrogen and oxygen atoms in total. The lowest BCUT2D eigenvalue weighted by molar-refractivity contribution is 0.0465. The molecule has 0 aliphatic carbocycles. The van der Waals surface area contributed by atoms with Crippen LogP contribution in [0.25, 0.3) is 0 Å². The predicted molar refractivity (Wildman–Crippen MR) is 54.7 cm³/mol. The van der Waals surface area contributed by atoms with Crippen molar-refractivity contribution in [2.75, 3.05) is 33.4 Å². The first-order valence-corrected chi connectivity index (χ1v) is 4.97. The molecule has 0 unspecified atom stereocenters. The van der Waals surface area contributed by atoms with Gasteiger partial charge in [-0.05, 0) is 19.9 Å². The smallest absolute Gasteiger partial charge is 0.0480 e. The van der Waals surface area contributed by atoms with E-state index in [0.29, 0.717) is 12.6 Å². The van der Waals surface area contributed by atoms with Crippen molar-refractivity contribution in [3.8, 4) is 0 Å². The Morgan fingerprint density at radius 2 is 2.08 bits per heavy atom. The van der Waals surface area contributed by atoms with Crippen molar-refractivity contribution in [3.63, 3.8) is 0 Å². The van der Waals surface area contributed by atoms with Gasteiger partial charge in [0.15, 0.2) is 0 Å². The molecule has 0 radical (unpaired) electrons. The van der Waals surface area contributed by atoms with Gasteiger partial charge < -0.3 is 10.5 Å². The van der Waals surface area contributed by atoms with E-state index in [4.69, 9.17) is 10.5 Å². The average Bonchev–Trinajstić information content (AvgIpc) is 2.19. The highest BCUT2D eigenvalue weighted by atomic mass is 16.5. The van der Waals surface area contributed by atoms with E-state index < -0.39 is 0 Å². The molecule has 1 saturated heterocycles. The van der Waals surface area contributed by atoms with Gasteiger partial charge >= 0.3 is 0 Å². The second-order valence-corrected chi connectivity index (χ2v) is 3.49. The number of rotatable bonds is 4. The summed E-state index contributed by atoms with van der Waals surface area (Å²) in [5.74, 6) is 0. The summed E-state index contributed by atoms with van der Waals surface area (Å²) in [5, 5.41) is 0. The molecule has 0 spiro atoms. The molecule has 0 bridgehead atoms. The van der Waals surface area contributed by atoms with Crippen LogP contribution < -0.4 is 5.73 Å². The number of likely N-dealkylation sites (N-methyl/N-ethyl adjacent to an activating group) is 1. The Hall–Kier alpha value is -0.380. The lowest BCUT2D eigenvalue weighted by Gasteiger charge is -2.30. The molecule has 2 N–H and O–H groups in total. The van der Waals surface area contributed by atoms with Crippen LogP contribution in [0.15, 0.2) is 12.2 Å². The van der Waals surface area contributed by atoms with Crippen molar-refractivity contribution in [3.05, 3.63) is 12.2 Å². The van der Waals surface area contributed by atoms with Gasteiger partial charge in [-0.2, -0.15) is 0 Å². The highest BCUT2D eigenvalue weighted by Crippen LogP contribution is 2.12. The van der Waals surface area contributed by atoms with Gasteiger partial charge in [-0.1, -0.05) is 12.2 Å². The minimum Gasteiger partial charge on any atom is -0.381 e. The molecule has 1 aliphatic rings. The van der Waals surface area contributed by atoms with E-state index in [2.05, 4.69) is 18.0 Å². The van der Waals surface area contributed by atoms with Crippen LogP contribution in [0.2, 0.25) is 0 Å². The maximum Gasteiger partial charge on any atom is 0.0480 e. The fourth-order valence-corrected chi connectivity index (χ4v) is 1.61. The van der Waals surface area contributed by atoms with Crippen LogP contribution in [-0.4, -0.2) is 44.3 Å². The molecule has 0 aromatic heterocycles. The lowest BCUT2D eigenvalue weighted by Crippen LogP contribution is -2.36. The Bertz CT molecular complexity index is 153. The van der Waals surface area contributed by atoms with Gasteiger partial charge in [0.2, 0.25) is 0 Å². The van der Waals surface area contributed by atoms with Crippen LogP contribution >= 0.6 is 0 Å². The minimum atomic E-state index is 0.640. The third-order valence-corrected chi connectivity index (χ3v) is 2.51. The zero-order valence-electron chi connectivity index (χ0n) is 8.41. The van der Waals surface area contributed by atoms with E-state index in [1.165, 1.54) is 0 Å². The van der Waals surface area contributed by atoms with Gasteiger partial charge in [0.25, 0.3) is 0 Å². The standard InChI is InChI=1S/C10H20N2O/c1-12(7-3-2-6-11)10-4-8-13-9-5-10/h2-3,10H,4-9,11H2,1H3. The van der Waals surface area contributed by atoms with Crippen molar-refractivity contribution in [2.45, 2.75) is 18.9 Å². The van der Waals surface area contributed by atoms with Crippen molar-refractivity contribution in [1.29, 1.82) is 0 Å². The van der Waals surface area contributed by atoms with Crippen molar-refractivity contribution in [1.82, 2.24) is 4.90 Å². The second-order valence-electron chi connectivity index (χ2n) is 3.49. The zero-order valence-corrected chi connectivity index (χ0v) is 8.41. The van der Waals surface area contributed by atoms with E-state index in [-0.39, 0.29) is 0 Å². The normalized spacial score (nSPS) is 20.2. The summed E-state index contributed by atoms with van der Waals surface area (Å²) < 4.78 is 5.31. The Morgan fingerprint density at radius 3 is 2.69 bits per heavy atom. The van der Waals surface area contributed by atoms with Crippen LogP contribution in [0, 0.1) is 0 Å². The monoisotopic (exact) mass is 184 g/mol. The molecule has 1 aliphatic heterocycles. The number of nitrogens with zero attached hydrogens (tertiary/aromatic N) is 1. The number of hydrogen-bond donors (Lipinski definition) is 1. The second kappa shape index (κ2) is 6.13. The molecule has 0 aromatic carbocycles. The van der Waals surface area contributed by atoms with Crippen molar-refractivity contribution < 1.29 is 4.74 Å². The van der Waals surface area contributed by atoms with Crippen LogP contribution in [0.1, 0.15) is 12.8 Å². The summed E-state index contributed by atoms with van der Waals surface area (Å²) in [6, 6.07) is 0.691. The van der Waals surface area contributed by atoms with E-state index in [1.807, 2.05) is 6.08 Å². The van der Waals surface area contributed by atoms with Crippen LogP contribution in [0.5, 0.6) is 0 Å². The van der Waals surface area contributed by atoms with Gasteiger partial charge in [0.1, 0.15) is 0 Å². The van der Waals surface area contributed by atoms with Gasteiger partial charge in [-0.15, -0.1) is 0 Å². The Balaban J connectivity index is 2.20. The lowest BCUT2D eigenvalue weighted by atomic mass is 10.1. The summed E-state index contributed by atoms with van der Waals surface area (Å²) in [4.78, 5) is 2.37.